The van der Waals surface area contributed by atoms with Gasteiger partial charge in [-0.25, -0.2) is 0 Å². The molecule has 0 saturated carbocycles. The van der Waals surface area contributed by atoms with Gasteiger partial charge in [0.1, 0.15) is 19.0 Å². The molecule has 1 aliphatic heterocycles. The molecule has 60 heavy (non-hydrogen) atoms. The van der Waals surface area contributed by atoms with Gasteiger partial charge in [0.2, 0.25) is 0 Å². The predicted octanol–water partition coefficient (Wildman–Crippen LogP) is 4.14. The molecular formula is C43H54O17. The van der Waals surface area contributed by atoms with Gasteiger partial charge in [-0.1, -0.05) is 43.7 Å². The molecule has 2 N–H and O–H groups in total. The number of carboxylic acid groups (broad SMARTS) is 2. The number of esters is 4. The van der Waals surface area contributed by atoms with Gasteiger partial charge in [-0.2, -0.15) is 0 Å². The Bertz CT molecular complexity index is 1820. The van der Waals surface area contributed by atoms with Crippen LogP contribution in [0.3, 0.4) is 0 Å². The van der Waals surface area contributed by atoms with Gasteiger partial charge in [-0.3, -0.25) is 38.4 Å². The lowest BCUT2D eigenvalue weighted by Gasteiger charge is -2.35. The largest absolute Gasteiger partial charge is 0.490 e. The van der Waals surface area contributed by atoms with Crippen LogP contribution < -0.4 is 4.74 Å². The van der Waals surface area contributed by atoms with Gasteiger partial charge in [0.15, 0.2) is 11.6 Å². The zero-order valence-corrected chi connectivity index (χ0v) is 34.8. The topological polar surface area (TPSA) is 242 Å². The quantitative estimate of drug-likeness (QED) is 0.0445. The fourth-order valence-electron chi connectivity index (χ4n) is 7.35. The molecule has 0 amide bonds. The van der Waals surface area contributed by atoms with Gasteiger partial charge >= 0.3 is 35.8 Å². The molecule has 0 spiro atoms. The molecule has 1 heterocycles. The van der Waals surface area contributed by atoms with Gasteiger partial charge in [0.05, 0.1) is 66.8 Å². The lowest BCUT2D eigenvalue weighted by atomic mass is 9.75. The Kier molecular flexibility index (Phi) is 19.0. The Morgan fingerprint density at radius 3 is 1.67 bits per heavy atom. The minimum absolute atomic E-state index is 0.152. The average molecular weight is 843 g/mol. The summed E-state index contributed by atoms with van der Waals surface area (Å²) in [6.45, 7) is 5.77. The van der Waals surface area contributed by atoms with Crippen molar-refractivity contribution in [3.8, 4) is 5.75 Å². The zero-order chi connectivity index (χ0) is 44.7. The second kappa shape index (κ2) is 23.3. The first-order chi connectivity index (χ1) is 28.5. The molecule has 328 valence electrons. The van der Waals surface area contributed by atoms with Crippen LogP contribution >= 0.6 is 0 Å². The number of cyclic esters (lactones) is 2. The number of rotatable bonds is 26. The van der Waals surface area contributed by atoms with Crippen LogP contribution in [0.5, 0.6) is 5.75 Å². The number of ketones is 2. The van der Waals surface area contributed by atoms with E-state index in [0.717, 1.165) is 12.7 Å². The number of hydrogen-bond acceptors (Lipinski definition) is 15. The molecule has 2 aromatic rings. The van der Waals surface area contributed by atoms with E-state index in [1.807, 2.05) is 6.92 Å². The molecule has 1 aliphatic rings. The van der Waals surface area contributed by atoms with Gasteiger partial charge in [-0.15, -0.1) is 0 Å². The van der Waals surface area contributed by atoms with E-state index >= 15 is 0 Å². The lowest BCUT2D eigenvalue weighted by molar-refractivity contribution is -0.172. The highest BCUT2D eigenvalue weighted by Crippen LogP contribution is 2.37. The van der Waals surface area contributed by atoms with E-state index in [9.17, 15) is 48.6 Å². The molecule has 2 aromatic carbocycles. The highest BCUT2D eigenvalue weighted by atomic mass is 16.6. The summed E-state index contributed by atoms with van der Waals surface area (Å²) in [4.78, 5) is 103. The summed E-state index contributed by atoms with van der Waals surface area (Å²) in [5.74, 6) is -15.8. The highest BCUT2D eigenvalue weighted by molar-refractivity contribution is 6.13. The summed E-state index contributed by atoms with van der Waals surface area (Å²) in [5.41, 5.74) is 1.71. The van der Waals surface area contributed by atoms with Crippen LogP contribution in [-0.2, 0) is 57.2 Å². The second-order valence-corrected chi connectivity index (χ2v) is 14.4. The van der Waals surface area contributed by atoms with Crippen molar-refractivity contribution < 1.29 is 81.7 Å². The van der Waals surface area contributed by atoms with Gasteiger partial charge in [-0.05, 0) is 57.4 Å². The summed E-state index contributed by atoms with van der Waals surface area (Å²) in [6, 6.07) is 12.9. The Hall–Kier alpha value is -5.52. The maximum atomic E-state index is 13.7. The Morgan fingerprint density at radius 2 is 1.20 bits per heavy atom. The van der Waals surface area contributed by atoms with Crippen LogP contribution in [-0.4, -0.2) is 117 Å². The number of ether oxygens (including phenoxy) is 7. The normalized spacial score (nSPS) is 18.5. The third kappa shape index (κ3) is 12.7. The Labute approximate surface area is 347 Å². The smallest absolute Gasteiger partial charge is 0.320 e. The van der Waals surface area contributed by atoms with Crippen LogP contribution in [0.25, 0.3) is 0 Å². The number of carboxylic acids is 2. The monoisotopic (exact) mass is 842 g/mol. The number of hydrogen-bond donors (Lipinski definition) is 2. The molecular weight excluding hydrogens is 788 g/mol. The number of carbonyl (C=O) groups excluding carboxylic acids is 6. The predicted molar refractivity (Wildman–Crippen MR) is 209 cm³/mol. The van der Waals surface area contributed by atoms with Crippen LogP contribution in [0, 0.1) is 42.4 Å². The lowest BCUT2D eigenvalue weighted by Crippen LogP contribution is -2.47. The standard InChI is InChI=1S/C43H54O17/c1-8-32(54-5)36(42(52)59-19-18-58-27-16-14-26(15-17-27)31(45)22-30(44)25-12-10-23(3)11-13-25)28(38(46)47)21-34(56-7)37(41(51)57-9-2)29(39(48)49)20-33(55-6)35-24(4)40(50)60-43(35)53/h10-17,24,28-29,32-37H,8-9,18-22H2,1-7H3,(H,46,47)(H,48,49). The van der Waals surface area contributed by atoms with Crippen LogP contribution in [0.1, 0.15) is 72.7 Å². The second-order valence-electron chi connectivity index (χ2n) is 14.4. The Morgan fingerprint density at radius 1 is 0.683 bits per heavy atom. The summed E-state index contributed by atoms with van der Waals surface area (Å²) >= 11 is 0. The summed E-state index contributed by atoms with van der Waals surface area (Å²) in [5, 5.41) is 21.0. The van der Waals surface area contributed by atoms with E-state index in [-0.39, 0.29) is 44.2 Å². The molecule has 1 saturated heterocycles. The van der Waals surface area contributed by atoms with E-state index in [1.165, 1.54) is 52.3 Å². The van der Waals surface area contributed by atoms with Gasteiger partial charge in [0, 0.05) is 32.5 Å². The molecule has 9 unspecified atom stereocenters. The number of aryl methyl sites for hydroxylation is 1. The van der Waals surface area contributed by atoms with E-state index in [1.54, 1.807) is 31.2 Å². The number of methoxy groups -OCH3 is 3. The van der Waals surface area contributed by atoms with Gasteiger partial charge in [0.25, 0.3) is 0 Å². The van der Waals surface area contributed by atoms with Crippen LogP contribution in [0.4, 0.5) is 0 Å². The first-order valence-electron chi connectivity index (χ1n) is 19.5. The fraction of sp³-hybridized carbons (Fsp3) is 0.535. The zero-order valence-electron chi connectivity index (χ0n) is 34.8. The van der Waals surface area contributed by atoms with Gasteiger partial charge < -0.3 is 43.4 Å². The van der Waals surface area contributed by atoms with E-state index in [2.05, 4.69) is 0 Å². The highest BCUT2D eigenvalue weighted by Gasteiger charge is 2.51. The Balaban J connectivity index is 1.77. The third-order valence-electron chi connectivity index (χ3n) is 10.7. The molecule has 9 atom stereocenters. The van der Waals surface area contributed by atoms with E-state index in [0.29, 0.717) is 16.9 Å². The maximum absolute atomic E-state index is 13.7. The van der Waals surface area contributed by atoms with Crippen molar-refractivity contribution in [3.05, 3.63) is 65.2 Å². The summed E-state index contributed by atoms with van der Waals surface area (Å²) in [7, 11) is 3.63. The molecule has 0 aliphatic carbocycles. The summed E-state index contributed by atoms with van der Waals surface area (Å²) < 4.78 is 37.7. The molecule has 17 heteroatoms. The van der Waals surface area contributed by atoms with E-state index in [4.69, 9.17) is 33.2 Å². The summed E-state index contributed by atoms with van der Waals surface area (Å²) in [6.07, 6.45) is -4.97. The number of aliphatic carboxylic acids is 2. The number of carbonyl (C=O) groups is 8. The fourth-order valence-corrected chi connectivity index (χ4v) is 7.35. The van der Waals surface area contributed by atoms with Crippen LogP contribution in [0.15, 0.2) is 48.5 Å². The van der Waals surface area contributed by atoms with Crippen molar-refractivity contribution in [2.45, 2.75) is 71.7 Å². The molecule has 1 fully saturated rings. The molecule has 0 radical (unpaired) electrons. The number of benzene rings is 2. The van der Waals surface area contributed by atoms with E-state index < -0.39 is 102 Å². The minimum Gasteiger partial charge on any atom is -0.490 e. The minimum atomic E-state index is -1.69. The van der Waals surface area contributed by atoms with Crippen molar-refractivity contribution in [1.29, 1.82) is 0 Å². The number of Topliss-reactive ketones (excluding diaryl/α,β-unsaturated/α-hetero) is 2. The molecule has 3 rings (SSSR count). The molecule has 0 aromatic heterocycles. The van der Waals surface area contributed by atoms with Crippen molar-refractivity contribution in [2.24, 2.45) is 35.5 Å². The maximum Gasteiger partial charge on any atom is 0.320 e. The van der Waals surface area contributed by atoms with Crippen molar-refractivity contribution in [3.63, 3.8) is 0 Å². The molecule has 0 bridgehead atoms. The third-order valence-corrected chi connectivity index (χ3v) is 10.7. The van der Waals surface area contributed by atoms with Crippen molar-refractivity contribution in [2.75, 3.05) is 41.2 Å². The SMILES string of the molecule is CCOC(=O)C(C(CC(C(=O)O)C(C(=O)OCCOc1ccc(C(=O)CC(=O)c2ccc(C)cc2)cc1)C(CC)OC)OC)C(CC(OC)C1C(=O)OC(=O)C1C)C(=O)O. The first kappa shape index (κ1) is 48.8. The van der Waals surface area contributed by atoms with Crippen molar-refractivity contribution in [1.82, 2.24) is 0 Å². The average Bonchev–Trinajstić information content (AvgIpc) is 3.47. The first-order valence-corrected chi connectivity index (χ1v) is 19.5. The molecule has 17 nitrogen and oxygen atoms in total. The van der Waals surface area contributed by atoms with Crippen molar-refractivity contribution >= 4 is 47.4 Å². The van der Waals surface area contributed by atoms with Crippen LogP contribution in [0.2, 0.25) is 0 Å².